The van der Waals surface area contributed by atoms with Crippen LogP contribution in [0.1, 0.15) is 85.5 Å². The highest BCUT2D eigenvalue weighted by molar-refractivity contribution is 5.80. The molecule has 3 aliphatic rings. The smallest absolute Gasteiger partial charge is 0.308 e. The van der Waals surface area contributed by atoms with Gasteiger partial charge in [-0.25, -0.2) is 0 Å². The van der Waals surface area contributed by atoms with Gasteiger partial charge in [-0.3, -0.25) is 14.4 Å². The third-order valence-corrected chi connectivity index (χ3v) is 13.1. The molecule has 3 rings (SSSR count). The average Bonchev–Trinajstić information content (AvgIpc) is 3.31. The molecular weight excluding hydrogens is 953 g/mol. The number of carbonyl (C=O) groups excluding carboxylic acids is 3. The highest BCUT2D eigenvalue weighted by atomic mass is 16.7. The van der Waals surface area contributed by atoms with Crippen molar-refractivity contribution in [2.24, 2.45) is 29.2 Å². The van der Waals surface area contributed by atoms with E-state index in [-0.39, 0.29) is 57.7 Å². The Balaban J connectivity index is 1.96. The van der Waals surface area contributed by atoms with Crippen molar-refractivity contribution in [2.75, 3.05) is 19.6 Å². The van der Waals surface area contributed by atoms with Gasteiger partial charge in [-0.05, 0) is 33.1 Å². The van der Waals surface area contributed by atoms with Crippen molar-refractivity contribution in [2.45, 2.75) is 183 Å². The minimum Gasteiger partial charge on any atom is -0.462 e. The monoisotopic (exact) mass is 1040 g/mol. The SMILES string of the molecule is C[C@@H]1[C@H](O)[C@@H](C)/C=C/C=C/C=C/C=C/C=C/C=C/C=C/[C@H](O[C@@H]2O[C@H](C)[C@@H](O)[C@H](NC(=O)CCN)[C@@H]2O)C[C@@H]2O[C@](O)(C[C@@H](O)C[C@@H](O)[C@H](O)CC[C@@H](O)C[C@@H](O)CC(=O)O[C@H]1C)C[C@H](O)[C@H]2C(=O)NCCN. The number of rotatable bonds is 8. The molecule has 0 saturated carbocycles. The summed E-state index contributed by atoms with van der Waals surface area (Å²) in [5, 5.41) is 116. The number of aliphatic hydroxyl groups is 10. The molecule has 0 spiro atoms. The number of nitrogens with one attached hydrogen (secondary N) is 2. The Morgan fingerprint density at radius 3 is 1.89 bits per heavy atom. The van der Waals surface area contributed by atoms with Gasteiger partial charge in [-0.15, -0.1) is 0 Å². The zero-order valence-electron chi connectivity index (χ0n) is 42.4. The highest BCUT2D eigenvalue weighted by Crippen LogP contribution is 2.38. The van der Waals surface area contributed by atoms with Gasteiger partial charge in [0.05, 0.1) is 79.4 Å². The van der Waals surface area contributed by atoms with Crippen molar-refractivity contribution in [3.05, 3.63) is 85.1 Å². The summed E-state index contributed by atoms with van der Waals surface area (Å²) in [6, 6.07) is -1.24. The van der Waals surface area contributed by atoms with Gasteiger partial charge in [0, 0.05) is 63.6 Å². The first-order valence-corrected chi connectivity index (χ1v) is 25.3. The molecule has 16 N–H and O–H groups in total. The van der Waals surface area contributed by atoms with Gasteiger partial charge in [0.1, 0.15) is 18.3 Å². The number of ether oxygens (including phenoxy) is 4. The third-order valence-electron chi connectivity index (χ3n) is 13.1. The van der Waals surface area contributed by atoms with Gasteiger partial charge in [-0.1, -0.05) is 98.9 Å². The summed E-state index contributed by atoms with van der Waals surface area (Å²) in [6.45, 7) is 6.84. The predicted molar refractivity (Wildman–Crippen MR) is 269 cm³/mol. The summed E-state index contributed by atoms with van der Waals surface area (Å²) in [6.07, 6.45) is 3.23. The van der Waals surface area contributed by atoms with Gasteiger partial charge in [0.25, 0.3) is 0 Å². The van der Waals surface area contributed by atoms with Crippen LogP contribution in [-0.2, 0) is 33.3 Å². The van der Waals surface area contributed by atoms with E-state index in [9.17, 15) is 65.4 Å². The lowest BCUT2D eigenvalue weighted by Gasteiger charge is -2.46. The lowest BCUT2D eigenvalue weighted by atomic mass is 9.82. The molecule has 21 heteroatoms. The fourth-order valence-corrected chi connectivity index (χ4v) is 8.83. The van der Waals surface area contributed by atoms with E-state index in [1.54, 1.807) is 80.7 Å². The maximum Gasteiger partial charge on any atom is 0.308 e. The predicted octanol–water partition coefficient (Wildman–Crippen LogP) is -0.792. The topological polar surface area (TPSA) is 367 Å². The third kappa shape index (κ3) is 22.0. The van der Waals surface area contributed by atoms with E-state index in [0.29, 0.717) is 0 Å². The van der Waals surface area contributed by atoms with Crippen LogP contribution in [0.5, 0.6) is 0 Å². The number of carbonyl (C=O) groups is 3. The first-order chi connectivity index (χ1) is 34.6. The highest BCUT2D eigenvalue weighted by Gasteiger charge is 2.51. The number of hydrogen-bond acceptors (Lipinski definition) is 19. The number of cyclic esters (lactones) is 1. The molecule has 3 aliphatic heterocycles. The molecule has 0 aromatic carbocycles. The van der Waals surface area contributed by atoms with Crippen LogP contribution in [0.3, 0.4) is 0 Å². The van der Waals surface area contributed by atoms with E-state index in [1.807, 2.05) is 25.2 Å². The van der Waals surface area contributed by atoms with Crippen LogP contribution in [0, 0.1) is 17.8 Å². The van der Waals surface area contributed by atoms with Crippen LogP contribution in [0.25, 0.3) is 0 Å². The molecule has 2 saturated heterocycles. The summed E-state index contributed by atoms with van der Waals surface area (Å²) in [5.74, 6) is -6.34. The van der Waals surface area contributed by atoms with Gasteiger partial charge >= 0.3 is 5.97 Å². The number of aliphatic hydroxyl groups excluding tert-OH is 9. The van der Waals surface area contributed by atoms with Gasteiger partial charge in [-0.2, -0.15) is 0 Å². The van der Waals surface area contributed by atoms with Gasteiger partial charge in [0.15, 0.2) is 12.1 Å². The summed E-state index contributed by atoms with van der Waals surface area (Å²) >= 11 is 0. The Morgan fingerprint density at radius 1 is 0.685 bits per heavy atom. The van der Waals surface area contributed by atoms with Crippen LogP contribution in [-0.4, -0.2) is 186 Å². The van der Waals surface area contributed by atoms with E-state index in [2.05, 4.69) is 10.6 Å². The quantitative estimate of drug-likeness (QED) is 0.132. The van der Waals surface area contributed by atoms with Crippen molar-refractivity contribution in [3.63, 3.8) is 0 Å². The molecule has 2 fully saturated rings. The van der Waals surface area contributed by atoms with Crippen molar-refractivity contribution < 1.29 is 84.4 Å². The number of amides is 2. The molecule has 0 aliphatic carbocycles. The molecule has 0 radical (unpaired) electrons. The molecule has 0 aromatic rings. The Morgan fingerprint density at radius 2 is 1.29 bits per heavy atom. The first kappa shape index (κ1) is 63.3. The maximum atomic E-state index is 13.6. The van der Waals surface area contributed by atoms with Crippen molar-refractivity contribution in [1.82, 2.24) is 10.6 Å². The normalized spacial score (nSPS) is 41.7. The van der Waals surface area contributed by atoms with Crippen LogP contribution in [0.15, 0.2) is 85.1 Å². The molecular formula is C52H84N4O17. The van der Waals surface area contributed by atoms with E-state index < -0.39 is 153 Å². The summed E-state index contributed by atoms with van der Waals surface area (Å²) in [7, 11) is 0. The van der Waals surface area contributed by atoms with Crippen LogP contribution < -0.4 is 22.1 Å². The van der Waals surface area contributed by atoms with Crippen LogP contribution >= 0.6 is 0 Å². The molecule has 0 unspecified atom stereocenters. The summed E-state index contributed by atoms with van der Waals surface area (Å²) < 4.78 is 23.8. The number of hydrogen-bond donors (Lipinski definition) is 14. The Kier molecular flexibility index (Phi) is 28.1. The van der Waals surface area contributed by atoms with E-state index >= 15 is 0 Å². The molecule has 19 atom stereocenters. The summed E-state index contributed by atoms with van der Waals surface area (Å²) in [4.78, 5) is 38.9. The number of nitrogens with two attached hydrogens (primary N) is 2. The zero-order valence-corrected chi connectivity index (χ0v) is 42.4. The molecule has 73 heavy (non-hydrogen) atoms. The molecule has 21 nitrogen and oxygen atoms in total. The minimum atomic E-state index is -2.32. The lowest BCUT2D eigenvalue weighted by Crippen LogP contribution is -2.64. The molecule has 2 amide bonds. The van der Waals surface area contributed by atoms with Gasteiger partial charge in [0.2, 0.25) is 11.8 Å². The van der Waals surface area contributed by atoms with Gasteiger partial charge < -0.3 is 92.1 Å². The zero-order chi connectivity index (χ0) is 54.3. The summed E-state index contributed by atoms with van der Waals surface area (Å²) in [5.41, 5.74) is 11.2. The standard InChI is InChI=1S/C52H84N4O17/c1-31-17-15-13-11-9-7-5-6-8-10-12-14-16-18-38(72-51-49(67)46(48(66)34(4)71-51)56-43(63)21-22-53)28-42-45(50(68)55-24-23-54)41(62)30-52(69,73-42)29-37(59)26-40(61)39(60)20-19-35(57)25-36(58)27-44(64)70-33(3)32(2)47(31)65/h5-18,31-42,45-49,51,57-62,65-67,69H,19-30,53-54H2,1-4H3,(H,55,68)(H,56,63)/b6-5+,9-7+,10-8+,13-11+,14-12+,17-15+,18-16+/t31-,32-,33-,34+,35+,36+,37-,38-,39+,40+,41-,42-,45+,46-,47+,48+,49-,51-,52+/m0/s1. The number of fused-ring (bicyclic) bond motifs is 2. The minimum absolute atomic E-state index is 0.0145. The van der Waals surface area contributed by atoms with Crippen molar-refractivity contribution >= 4 is 17.8 Å². The first-order valence-electron chi connectivity index (χ1n) is 25.3. The second kappa shape index (κ2) is 32.4. The average molecular weight is 1040 g/mol. The largest absolute Gasteiger partial charge is 0.462 e. The lowest BCUT2D eigenvalue weighted by molar-refractivity contribution is -0.307. The van der Waals surface area contributed by atoms with Crippen LogP contribution in [0.2, 0.25) is 0 Å². The van der Waals surface area contributed by atoms with Crippen molar-refractivity contribution in [1.29, 1.82) is 0 Å². The van der Waals surface area contributed by atoms with Crippen molar-refractivity contribution in [3.8, 4) is 0 Å². The molecule has 3 heterocycles. The molecule has 2 bridgehead atoms. The fraction of sp³-hybridized carbons (Fsp3) is 0.673. The fourth-order valence-electron chi connectivity index (χ4n) is 8.83. The second-order valence-corrected chi connectivity index (χ2v) is 19.4. The molecule has 0 aromatic heterocycles. The van der Waals surface area contributed by atoms with E-state index in [0.717, 1.165) is 0 Å². The Labute approximate surface area is 428 Å². The molecule has 414 valence electrons. The number of esters is 1. The number of allylic oxidation sites excluding steroid dienone is 12. The Hall–Kier alpha value is -4.01. The second-order valence-electron chi connectivity index (χ2n) is 19.4. The maximum absolute atomic E-state index is 13.6. The van der Waals surface area contributed by atoms with E-state index in [1.165, 1.54) is 6.92 Å². The Bertz CT molecular complexity index is 1880. The van der Waals surface area contributed by atoms with E-state index in [4.69, 9.17) is 30.4 Å². The van der Waals surface area contributed by atoms with Crippen LogP contribution in [0.4, 0.5) is 0 Å².